The number of hydrogen-bond acceptors (Lipinski definition) is 2. The Morgan fingerprint density at radius 3 is 2.29 bits per heavy atom. The molecule has 0 radical (unpaired) electrons. The average molecular weight is 324 g/mol. The van der Waals surface area contributed by atoms with Crippen molar-refractivity contribution in [1.82, 2.24) is 0 Å². The first kappa shape index (κ1) is 12.6. The molecule has 112 valence electrons. The van der Waals surface area contributed by atoms with E-state index in [2.05, 4.69) is 60.7 Å². The van der Waals surface area contributed by atoms with Crippen LogP contribution in [0.3, 0.4) is 0 Å². The third-order valence-corrected chi connectivity index (χ3v) is 6.07. The quantitative estimate of drug-likeness (QED) is 0.290. The highest BCUT2D eigenvalue weighted by Gasteiger charge is 2.14. The van der Waals surface area contributed by atoms with Crippen LogP contribution in [0.4, 0.5) is 0 Å². The normalized spacial score (nSPS) is 12.2. The summed E-state index contributed by atoms with van der Waals surface area (Å²) in [5, 5.41) is 7.50. The Bertz CT molecular complexity index is 1300. The van der Waals surface area contributed by atoms with Gasteiger partial charge in [0.05, 0.1) is 0 Å². The number of para-hydroxylation sites is 1. The van der Waals surface area contributed by atoms with Crippen LogP contribution in [-0.2, 0) is 0 Å². The summed E-state index contributed by atoms with van der Waals surface area (Å²) < 4.78 is 8.92. The van der Waals surface area contributed by atoms with Crippen LogP contribution in [0.2, 0.25) is 0 Å². The number of fused-ring (bicyclic) bond motifs is 9. The summed E-state index contributed by atoms with van der Waals surface area (Å²) in [5.41, 5.74) is 1.96. The van der Waals surface area contributed by atoms with E-state index in [1.165, 1.54) is 41.7 Å². The van der Waals surface area contributed by atoms with Gasteiger partial charge in [0.2, 0.25) is 0 Å². The summed E-state index contributed by atoms with van der Waals surface area (Å²) in [6, 6.07) is 25.8. The molecule has 0 aliphatic rings. The van der Waals surface area contributed by atoms with Gasteiger partial charge in [0.25, 0.3) is 0 Å². The summed E-state index contributed by atoms with van der Waals surface area (Å²) in [6.45, 7) is 0. The summed E-state index contributed by atoms with van der Waals surface area (Å²) in [4.78, 5) is 0. The molecule has 0 aliphatic carbocycles. The summed E-state index contributed by atoms with van der Waals surface area (Å²) in [5.74, 6) is 0. The highest BCUT2D eigenvalue weighted by Crippen LogP contribution is 2.42. The zero-order valence-corrected chi connectivity index (χ0v) is 13.6. The molecular formula is C22H12OS. The fourth-order valence-corrected chi connectivity index (χ4v) is 5.02. The Morgan fingerprint density at radius 1 is 0.625 bits per heavy atom. The monoisotopic (exact) mass is 324 g/mol. The smallest absolute Gasteiger partial charge is 0.144 e. The van der Waals surface area contributed by atoms with Crippen molar-refractivity contribution >= 4 is 64.2 Å². The van der Waals surface area contributed by atoms with E-state index >= 15 is 0 Å². The maximum absolute atomic E-state index is 6.28. The molecule has 0 fully saturated rings. The SMILES string of the molecule is c1ccc2c(c1)oc1c2ccc2ccc3c4ccccc4sc3c21. The van der Waals surface area contributed by atoms with Crippen LogP contribution in [0.15, 0.2) is 77.2 Å². The summed E-state index contributed by atoms with van der Waals surface area (Å²) >= 11 is 1.86. The number of benzene rings is 4. The molecule has 2 heterocycles. The van der Waals surface area contributed by atoms with Crippen LogP contribution in [0.25, 0.3) is 52.9 Å². The summed E-state index contributed by atoms with van der Waals surface area (Å²) in [7, 11) is 0. The van der Waals surface area contributed by atoms with Gasteiger partial charge < -0.3 is 4.42 Å². The van der Waals surface area contributed by atoms with E-state index in [-0.39, 0.29) is 0 Å². The van der Waals surface area contributed by atoms with E-state index in [0.717, 1.165) is 11.2 Å². The molecule has 1 nitrogen and oxygen atoms in total. The van der Waals surface area contributed by atoms with Gasteiger partial charge in [0.15, 0.2) is 0 Å². The van der Waals surface area contributed by atoms with Gasteiger partial charge in [-0.3, -0.25) is 0 Å². The van der Waals surface area contributed by atoms with E-state index in [1.807, 2.05) is 23.5 Å². The molecule has 24 heavy (non-hydrogen) atoms. The van der Waals surface area contributed by atoms with E-state index in [0.29, 0.717) is 0 Å². The number of furan rings is 1. The second-order valence-electron chi connectivity index (χ2n) is 6.18. The Morgan fingerprint density at radius 2 is 1.38 bits per heavy atom. The zero-order chi connectivity index (χ0) is 15.7. The predicted octanol–water partition coefficient (Wildman–Crippen LogP) is 7.11. The fourth-order valence-electron chi connectivity index (χ4n) is 3.77. The van der Waals surface area contributed by atoms with Gasteiger partial charge in [-0.15, -0.1) is 11.3 Å². The van der Waals surface area contributed by atoms with E-state index in [4.69, 9.17) is 4.42 Å². The highest BCUT2D eigenvalue weighted by molar-refractivity contribution is 7.26. The van der Waals surface area contributed by atoms with Gasteiger partial charge in [-0.25, -0.2) is 0 Å². The molecule has 0 N–H and O–H groups in total. The maximum Gasteiger partial charge on any atom is 0.144 e. The Kier molecular flexibility index (Phi) is 2.29. The van der Waals surface area contributed by atoms with E-state index in [9.17, 15) is 0 Å². The molecular weight excluding hydrogens is 312 g/mol. The van der Waals surface area contributed by atoms with Crippen LogP contribution in [0, 0.1) is 0 Å². The second kappa shape index (κ2) is 4.37. The largest absolute Gasteiger partial charge is 0.455 e. The van der Waals surface area contributed by atoms with Crippen LogP contribution in [0.5, 0.6) is 0 Å². The lowest BCUT2D eigenvalue weighted by Gasteiger charge is -2.01. The molecule has 6 rings (SSSR count). The summed E-state index contributed by atoms with van der Waals surface area (Å²) in [6.07, 6.45) is 0. The lowest BCUT2D eigenvalue weighted by atomic mass is 10.0. The van der Waals surface area contributed by atoms with Crippen molar-refractivity contribution in [1.29, 1.82) is 0 Å². The van der Waals surface area contributed by atoms with Gasteiger partial charge in [0, 0.05) is 36.3 Å². The Labute approximate surface area is 141 Å². The molecule has 0 amide bonds. The van der Waals surface area contributed by atoms with Gasteiger partial charge in [-0.2, -0.15) is 0 Å². The van der Waals surface area contributed by atoms with Crippen molar-refractivity contribution in [2.24, 2.45) is 0 Å². The van der Waals surface area contributed by atoms with E-state index < -0.39 is 0 Å². The number of rotatable bonds is 0. The minimum Gasteiger partial charge on any atom is -0.455 e. The van der Waals surface area contributed by atoms with Gasteiger partial charge in [-0.05, 0) is 23.6 Å². The topological polar surface area (TPSA) is 13.1 Å². The third kappa shape index (κ3) is 1.49. The van der Waals surface area contributed by atoms with Crippen molar-refractivity contribution in [2.75, 3.05) is 0 Å². The van der Waals surface area contributed by atoms with Crippen molar-refractivity contribution in [3.05, 3.63) is 72.8 Å². The molecule has 2 aromatic heterocycles. The van der Waals surface area contributed by atoms with Crippen molar-refractivity contribution < 1.29 is 4.42 Å². The van der Waals surface area contributed by atoms with Crippen LogP contribution >= 0.6 is 11.3 Å². The first-order valence-corrected chi connectivity index (χ1v) is 8.86. The molecule has 6 aromatic rings. The van der Waals surface area contributed by atoms with E-state index in [1.54, 1.807) is 0 Å². The number of thiophene rings is 1. The molecule has 0 saturated heterocycles. The van der Waals surface area contributed by atoms with Gasteiger partial charge >= 0.3 is 0 Å². The minimum atomic E-state index is 0.957. The number of hydrogen-bond donors (Lipinski definition) is 0. The molecule has 0 bridgehead atoms. The molecule has 0 atom stereocenters. The van der Waals surface area contributed by atoms with Crippen molar-refractivity contribution in [3.8, 4) is 0 Å². The standard InChI is InChI=1S/C22H12OS/c1-3-7-18-14(5-1)16-11-9-13-10-12-17-15-6-2-4-8-19(15)24-22(17)20(13)21(16)23-18/h1-12H. The molecule has 0 unspecified atom stereocenters. The molecule has 4 aromatic carbocycles. The first-order chi connectivity index (χ1) is 11.9. The second-order valence-corrected chi connectivity index (χ2v) is 7.23. The third-order valence-electron chi connectivity index (χ3n) is 4.87. The predicted molar refractivity (Wildman–Crippen MR) is 104 cm³/mol. The van der Waals surface area contributed by atoms with Gasteiger partial charge in [-0.1, -0.05) is 54.6 Å². The van der Waals surface area contributed by atoms with Crippen LogP contribution in [-0.4, -0.2) is 0 Å². The van der Waals surface area contributed by atoms with Crippen molar-refractivity contribution in [3.63, 3.8) is 0 Å². The van der Waals surface area contributed by atoms with Crippen molar-refractivity contribution in [2.45, 2.75) is 0 Å². The van der Waals surface area contributed by atoms with Gasteiger partial charge in [0.1, 0.15) is 11.2 Å². The lowest BCUT2D eigenvalue weighted by Crippen LogP contribution is -1.75. The zero-order valence-electron chi connectivity index (χ0n) is 12.7. The minimum absolute atomic E-state index is 0.957. The lowest BCUT2D eigenvalue weighted by molar-refractivity contribution is 0.673. The fraction of sp³-hybridized carbons (Fsp3) is 0. The average Bonchev–Trinajstić information content (AvgIpc) is 3.19. The molecule has 2 heteroatoms. The molecule has 0 saturated carbocycles. The van der Waals surface area contributed by atoms with Crippen LogP contribution < -0.4 is 0 Å². The molecule has 0 aliphatic heterocycles. The van der Waals surface area contributed by atoms with Crippen LogP contribution in [0.1, 0.15) is 0 Å². The Balaban J connectivity index is 1.95. The first-order valence-electron chi connectivity index (χ1n) is 8.04. The maximum atomic E-state index is 6.28. The highest BCUT2D eigenvalue weighted by atomic mass is 32.1. The Hall–Kier alpha value is -2.84. The molecule has 0 spiro atoms.